The molecule has 0 bridgehead atoms. The average Bonchev–Trinajstić information content (AvgIpc) is 2.00. The first-order valence-corrected chi connectivity index (χ1v) is 4.65. The van der Waals surface area contributed by atoms with Crippen LogP contribution in [0.25, 0.3) is 0 Å². The van der Waals surface area contributed by atoms with Gasteiger partial charge >= 0.3 is 0 Å². The van der Waals surface area contributed by atoms with E-state index in [-0.39, 0.29) is 18.2 Å². The van der Waals surface area contributed by atoms with Crippen molar-refractivity contribution in [2.24, 2.45) is 5.73 Å². The standard InChI is InChI=1S/C8H8BrClFN.ClH/c9-7-4-6(11)3-5(1-2-12)8(7)10;/h3-4H,1-2,12H2;1H. The molecule has 0 aromatic heterocycles. The van der Waals surface area contributed by atoms with E-state index in [0.29, 0.717) is 22.5 Å². The van der Waals surface area contributed by atoms with E-state index in [1.54, 1.807) is 0 Å². The van der Waals surface area contributed by atoms with Gasteiger partial charge in [0.1, 0.15) is 5.82 Å². The molecule has 0 heterocycles. The number of nitrogens with two attached hydrogens (primary N) is 1. The Labute approximate surface area is 96.0 Å². The van der Waals surface area contributed by atoms with Gasteiger partial charge in [0.25, 0.3) is 0 Å². The zero-order chi connectivity index (χ0) is 9.14. The van der Waals surface area contributed by atoms with E-state index in [1.165, 1.54) is 12.1 Å². The van der Waals surface area contributed by atoms with E-state index < -0.39 is 0 Å². The van der Waals surface area contributed by atoms with Crippen molar-refractivity contribution in [1.82, 2.24) is 0 Å². The third-order valence-corrected chi connectivity index (χ3v) is 2.78. The molecule has 0 radical (unpaired) electrons. The fourth-order valence-electron chi connectivity index (χ4n) is 0.947. The quantitative estimate of drug-likeness (QED) is 0.831. The van der Waals surface area contributed by atoms with Crippen LogP contribution in [0.1, 0.15) is 5.56 Å². The Bertz CT molecular complexity index is 294. The summed E-state index contributed by atoms with van der Waals surface area (Å²) in [6.07, 6.45) is 0.592. The second kappa shape index (κ2) is 5.81. The highest BCUT2D eigenvalue weighted by Gasteiger charge is 2.05. The van der Waals surface area contributed by atoms with Crippen molar-refractivity contribution in [3.63, 3.8) is 0 Å². The van der Waals surface area contributed by atoms with Gasteiger partial charge in [-0.3, -0.25) is 0 Å². The van der Waals surface area contributed by atoms with Gasteiger partial charge in [0.05, 0.1) is 5.02 Å². The molecule has 74 valence electrons. The predicted molar refractivity (Wildman–Crippen MR) is 59.1 cm³/mol. The Balaban J connectivity index is 0.00000144. The number of halogens is 4. The maximum atomic E-state index is 12.8. The first-order chi connectivity index (χ1) is 5.65. The zero-order valence-electron chi connectivity index (χ0n) is 6.69. The van der Waals surface area contributed by atoms with E-state index in [2.05, 4.69) is 15.9 Å². The van der Waals surface area contributed by atoms with Crippen LogP contribution in [0, 0.1) is 5.82 Å². The van der Waals surface area contributed by atoms with Crippen LogP contribution in [0.4, 0.5) is 4.39 Å². The van der Waals surface area contributed by atoms with Crippen LogP contribution in [0.15, 0.2) is 16.6 Å². The molecule has 0 saturated heterocycles. The lowest BCUT2D eigenvalue weighted by atomic mass is 10.1. The SMILES string of the molecule is Cl.NCCc1cc(F)cc(Br)c1Cl. The summed E-state index contributed by atoms with van der Waals surface area (Å²) < 4.78 is 13.4. The fourth-order valence-corrected chi connectivity index (χ4v) is 1.62. The van der Waals surface area contributed by atoms with Crippen molar-refractivity contribution in [1.29, 1.82) is 0 Å². The molecule has 13 heavy (non-hydrogen) atoms. The first-order valence-electron chi connectivity index (χ1n) is 3.48. The van der Waals surface area contributed by atoms with Crippen molar-refractivity contribution >= 4 is 39.9 Å². The summed E-state index contributed by atoms with van der Waals surface area (Å²) >= 11 is 9.03. The Morgan fingerprint density at radius 2 is 2.08 bits per heavy atom. The minimum atomic E-state index is -0.297. The maximum Gasteiger partial charge on any atom is 0.124 e. The monoisotopic (exact) mass is 287 g/mol. The molecule has 0 spiro atoms. The van der Waals surface area contributed by atoms with Crippen molar-refractivity contribution in [3.05, 3.63) is 33.0 Å². The maximum absolute atomic E-state index is 12.8. The van der Waals surface area contributed by atoms with Gasteiger partial charge in [0, 0.05) is 4.47 Å². The van der Waals surface area contributed by atoms with Crippen LogP contribution in [-0.4, -0.2) is 6.54 Å². The minimum Gasteiger partial charge on any atom is -0.330 e. The summed E-state index contributed by atoms with van der Waals surface area (Å²) in [5, 5.41) is 0.543. The topological polar surface area (TPSA) is 26.0 Å². The molecule has 0 aliphatic carbocycles. The lowest BCUT2D eigenvalue weighted by molar-refractivity contribution is 0.624. The first kappa shape index (κ1) is 13.2. The van der Waals surface area contributed by atoms with Crippen LogP contribution in [0.3, 0.4) is 0 Å². The van der Waals surface area contributed by atoms with Crippen LogP contribution in [-0.2, 0) is 6.42 Å². The number of benzene rings is 1. The average molecular weight is 289 g/mol. The lowest BCUT2D eigenvalue weighted by Crippen LogP contribution is -2.03. The molecule has 1 rings (SSSR count). The van der Waals surface area contributed by atoms with Gasteiger partial charge < -0.3 is 5.73 Å². The van der Waals surface area contributed by atoms with Gasteiger partial charge in [-0.1, -0.05) is 11.6 Å². The summed E-state index contributed by atoms with van der Waals surface area (Å²) in [7, 11) is 0. The molecular weight excluding hydrogens is 280 g/mol. The van der Waals surface area contributed by atoms with Crippen LogP contribution in [0.2, 0.25) is 5.02 Å². The second-order valence-corrected chi connectivity index (χ2v) is 3.63. The molecule has 0 amide bonds. The summed E-state index contributed by atoms with van der Waals surface area (Å²) in [6.45, 7) is 0.468. The largest absolute Gasteiger partial charge is 0.330 e. The van der Waals surface area contributed by atoms with E-state index in [9.17, 15) is 4.39 Å². The van der Waals surface area contributed by atoms with Gasteiger partial charge in [-0.2, -0.15) is 0 Å². The smallest absolute Gasteiger partial charge is 0.124 e. The van der Waals surface area contributed by atoms with Crippen molar-refractivity contribution in [3.8, 4) is 0 Å². The molecule has 5 heteroatoms. The third-order valence-electron chi connectivity index (χ3n) is 1.48. The Morgan fingerprint density at radius 3 is 2.62 bits per heavy atom. The zero-order valence-corrected chi connectivity index (χ0v) is 9.85. The summed E-state index contributed by atoms with van der Waals surface area (Å²) in [5.41, 5.74) is 6.07. The third kappa shape index (κ3) is 3.43. The molecular formula is C8H9BrCl2FN. The summed E-state index contributed by atoms with van der Waals surface area (Å²) in [4.78, 5) is 0. The highest BCUT2D eigenvalue weighted by molar-refractivity contribution is 9.10. The Morgan fingerprint density at radius 1 is 1.46 bits per heavy atom. The number of hydrogen-bond acceptors (Lipinski definition) is 1. The number of hydrogen-bond donors (Lipinski definition) is 1. The highest BCUT2D eigenvalue weighted by Crippen LogP contribution is 2.27. The Hall–Kier alpha value is 0.170. The van der Waals surface area contributed by atoms with Gasteiger partial charge in [-0.25, -0.2) is 4.39 Å². The molecule has 0 saturated carbocycles. The number of rotatable bonds is 2. The molecule has 0 aliphatic rings. The van der Waals surface area contributed by atoms with Crippen molar-refractivity contribution in [2.75, 3.05) is 6.54 Å². The van der Waals surface area contributed by atoms with E-state index >= 15 is 0 Å². The van der Waals surface area contributed by atoms with Crippen molar-refractivity contribution < 1.29 is 4.39 Å². The van der Waals surface area contributed by atoms with E-state index in [0.717, 1.165) is 5.56 Å². The predicted octanol–water partition coefficient (Wildman–Crippen LogP) is 3.16. The van der Waals surface area contributed by atoms with Crippen LogP contribution >= 0.6 is 39.9 Å². The van der Waals surface area contributed by atoms with Gasteiger partial charge in [0.15, 0.2) is 0 Å². The molecule has 0 atom stereocenters. The molecule has 0 fully saturated rings. The van der Waals surface area contributed by atoms with Crippen LogP contribution < -0.4 is 5.73 Å². The van der Waals surface area contributed by atoms with Gasteiger partial charge in [-0.05, 0) is 46.6 Å². The molecule has 1 nitrogen and oxygen atoms in total. The second-order valence-electron chi connectivity index (χ2n) is 2.40. The van der Waals surface area contributed by atoms with E-state index in [1.807, 2.05) is 0 Å². The Kier molecular flexibility index (Phi) is 5.88. The molecule has 1 aromatic rings. The fraction of sp³-hybridized carbons (Fsp3) is 0.250. The molecule has 0 aliphatic heterocycles. The molecule has 1 aromatic carbocycles. The lowest BCUT2D eigenvalue weighted by Gasteiger charge is -2.04. The van der Waals surface area contributed by atoms with E-state index in [4.69, 9.17) is 17.3 Å². The highest BCUT2D eigenvalue weighted by atomic mass is 79.9. The van der Waals surface area contributed by atoms with Crippen LogP contribution in [0.5, 0.6) is 0 Å². The summed E-state index contributed by atoms with van der Waals surface area (Å²) in [6, 6.07) is 2.74. The summed E-state index contributed by atoms with van der Waals surface area (Å²) in [5.74, 6) is -0.297. The molecule has 2 N–H and O–H groups in total. The van der Waals surface area contributed by atoms with Gasteiger partial charge in [-0.15, -0.1) is 12.4 Å². The minimum absolute atomic E-state index is 0. The molecule has 0 unspecified atom stereocenters. The van der Waals surface area contributed by atoms with Crippen molar-refractivity contribution in [2.45, 2.75) is 6.42 Å². The van der Waals surface area contributed by atoms with Gasteiger partial charge in [0.2, 0.25) is 0 Å². The normalized spacial score (nSPS) is 9.54.